The van der Waals surface area contributed by atoms with Crippen LogP contribution in [0.5, 0.6) is 5.75 Å². The second kappa shape index (κ2) is 11.6. The standard InChI is InChI=1S/C25H41N3O6/c1-10-25(8,9)28(22(32)18(14-29)27-23(33)34-24(5,6)7)19(21(31)26-15(2)3)17-13-11-12-16(4)20(17)30/h11-13,15,18-19,29-30H,10,14H2,1-9H3,(H,26,31)(H,27,33). The lowest BCUT2D eigenvalue weighted by Gasteiger charge is -2.44. The first kappa shape index (κ1) is 29.2. The Labute approximate surface area is 202 Å². The van der Waals surface area contributed by atoms with Crippen molar-refractivity contribution in [3.05, 3.63) is 29.3 Å². The Balaban J connectivity index is 3.62. The van der Waals surface area contributed by atoms with Crippen LogP contribution in [0.15, 0.2) is 18.2 Å². The molecule has 0 aromatic heterocycles. The first-order chi connectivity index (χ1) is 15.6. The second-order valence-electron chi connectivity index (χ2n) is 10.3. The lowest BCUT2D eigenvalue weighted by atomic mass is 9.91. The molecular formula is C25H41N3O6. The summed E-state index contributed by atoms with van der Waals surface area (Å²) in [5.74, 6) is -1.26. The number of aromatic hydroxyl groups is 1. The van der Waals surface area contributed by atoms with Crippen LogP contribution >= 0.6 is 0 Å². The third-order valence-corrected chi connectivity index (χ3v) is 5.43. The maximum Gasteiger partial charge on any atom is 0.408 e. The van der Waals surface area contributed by atoms with Gasteiger partial charge < -0.3 is 30.5 Å². The minimum absolute atomic E-state index is 0.100. The first-order valence-corrected chi connectivity index (χ1v) is 11.6. The van der Waals surface area contributed by atoms with E-state index >= 15 is 0 Å². The van der Waals surface area contributed by atoms with Crippen LogP contribution in [0.2, 0.25) is 0 Å². The number of phenolic OH excluding ortho intramolecular Hbond substituents is 1. The molecule has 2 atom stereocenters. The molecule has 1 aromatic rings. The number of nitrogens with one attached hydrogen (secondary N) is 2. The number of alkyl carbamates (subject to hydrolysis) is 1. The van der Waals surface area contributed by atoms with E-state index in [1.165, 1.54) is 4.90 Å². The summed E-state index contributed by atoms with van der Waals surface area (Å²) in [5.41, 5.74) is -0.883. The van der Waals surface area contributed by atoms with E-state index in [2.05, 4.69) is 10.6 Å². The Morgan fingerprint density at radius 1 is 1.09 bits per heavy atom. The van der Waals surface area contributed by atoms with Crippen molar-refractivity contribution in [3.8, 4) is 5.75 Å². The van der Waals surface area contributed by atoms with Crippen molar-refractivity contribution in [1.29, 1.82) is 0 Å². The van der Waals surface area contributed by atoms with Gasteiger partial charge in [0.1, 0.15) is 23.4 Å². The number of aliphatic hydroxyl groups is 1. The number of hydrogen-bond acceptors (Lipinski definition) is 6. The Morgan fingerprint density at radius 2 is 1.68 bits per heavy atom. The fourth-order valence-corrected chi connectivity index (χ4v) is 3.41. The number of amides is 3. The van der Waals surface area contributed by atoms with E-state index in [1.807, 2.05) is 6.92 Å². The number of rotatable bonds is 9. The Bertz CT molecular complexity index is 876. The molecular weight excluding hydrogens is 438 g/mol. The molecule has 34 heavy (non-hydrogen) atoms. The third kappa shape index (κ3) is 7.62. The molecule has 0 fully saturated rings. The molecule has 0 bridgehead atoms. The van der Waals surface area contributed by atoms with E-state index < -0.39 is 47.7 Å². The lowest BCUT2D eigenvalue weighted by Crippen LogP contribution is -2.60. The number of para-hydroxylation sites is 1. The third-order valence-electron chi connectivity index (χ3n) is 5.43. The molecule has 192 valence electrons. The molecule has 0 aliphatic rings. The van der Waals surface area contributed by atoms with Gasteiger partial charge in [0.2, 0.25) is 11.8 Å². The zero-order chi connectivity index (χ0) is 26.4. The largest absolute Gasteiger partial charge is 0.507 e. The number of ether oxygens (including phenoxy) is 1. The van der Waals surface area contributed by atoms with E-state index in [9.17, 15) is 24.6 Å². The average molecular weight is 480 g/mol. The first-order valence-electron chi connectivity index (χ1n) is 11.6. The molecule has 0 spiro atoms. The predicted octanol–water partition coefficient (Wildman–Crippen LogP) is 3.17. The van der Waals surface area contributed by atoms with Crippen LogP contribution in [-0.2, 0) is 14.3 Å². The van der Waals surface area contributed by atoms with E-state index in [0.717, 1.165) is 0 Å². The second-order valence-corrected chi connectivity index (χ2v) is 10.3. The topological polar surface area (TPSA) is 128 Å². The van der Waals surface area contributed by atoms with Gasteiger partial charge in [-0.1, -0.05) is 25.1 Å². The van der Waals surface area contributed by atoms with Crippen LogP contribution in [0, 0.1) is 6.92 Å². The molecule has 0 heterocycles. The summed E-state index contributed by atoms with van der Waals surface area (Å²) in [6.07, 6.45) is -0.405. The molecule has 2 unspecified atom stereocenters. The summed E-state index contributed by atoms with van der Waals surface area (Å²) in [5, 5.41) is 26.1. The SMILES string of the molecule is CCC(C)(C)N(C(=O)C(CO)NC(=O)OC(C)(C)C)C(C(=O)NC(C)C)c1cccc(C)c1O. The minimum atomic E-state index is -1.36. The Morgan fingerprint density at radius 3 is 2.15 bits per heavy atom. The molecule has 0 radical (unpaired) electrons. The van der Waals surface area contributed by atoms with Crippen LogP contribution in [-0.4, -0.2) is 62.9 Å². The summed E-state index contributed by atoms with van der Waals surface area (Å²) in [7, 11) is 0. The molecule has 0 aliphatic heterocycles. The number of hydrogen-bond donors (Lipinski definition) is 4. The fourth-order valence-electron chi connectivity index (χ4n) is 3.41. The van der Waals surface area contributed by atoms with Gasteiger partial charge in [0.05, 0.1) is 6.61 Å². The monoisotopic (exact) mass is 479 g/mol. The normalized spacial score (nSPS) is 13.7. The molecule has 0 saturated carbocycles. The highest BCUT2D eigenvalue weighted by Gasteiger charge is 2.44. The Kier molecular flexibility index (Phi) is 9.93. The van der Waals surface area contributed by atoms with Gasteiger partial charge in [0.25, 0.3) is 0 Å². The maximum absolute atomic E-state index is 13.8. The van der Waals surface area contributed by atoms with Gasteiger partial charge in [-0.15, -0.1) is 0 Å². The van der Waals surface area contributed by atoms with Crippen molar-refractivity contribution in [2.24, 2.45) is 0 Å². The molecule has 1 rings (SSSR count). The highest BCUT2D eigenvalue weighted by Crippen LogP contribution is 2.37. The lowest BCUT2D eigenvalue weighted by molar-refractivity contribution is -0.150. The van der Waals surface area contributed by atoms with E-state index in [0.29, 0.717) is 12.0 Å². The van der Waals surface area contributed by atoms with Crippen LogP contribution < -0.4 is 10.6 Å². The molecule has 9 nitrogen and oxygen atoms in total. The van der Waals surface area contributed by atoms with E-state index in [4.69, 9.17) is 4.74 Å². The molecule has 4 N–H and O–H groups in total. The van der Waals surface area contributed by atoms with Gasteiger partial charge in [-0.2, -0.15) is 0 Å². The predicted molar refractivity (Wildman–Crippen MR) is 130 cm³/mol. The minimum Gasteiger partial charge on any atom is -0.507 e. The number of carbonyl (C=O) groups is 3. The number of phenols is 1. The summed E-state index contributed by atoms with van der Waals surface area (Å²) in [6, 6.07) is 2.20. The van der Waals surface area contributed by atoms with Crippen molar-refractivity contribution in [2.75, 3.05) is 6.61 Å². The van der Waals surface area contributed by atoms with E-state index in [-0.39, 0.29) is 17.4 Å². The molecule has 0 saturated heterocycles. The van der Waals surface area contributed by atoms with Gasteiger partial charge >= 0.3 is 6.09 Å². The molecule has 3 amide bonds. The van der Waals surface area contributed by atoms with Gasteiger partial charge in [-0.3, -0.25) is 9.59 Å². The van der Waals surface area contributed by atoms with Gasteiger partial charge in [0.15, 0.2) is 0 Å². The summed E-state index contributed by atoms with van der Waals surface area (Å²) < 4.78 is 5.24. The number of aliphatic hydroxyl groups excluding tert-OH is 1. The highest BCUT2D eigenvalue weighted by atomic mass is 16.6. The smallest absolute Gasteiger partial charge is 0.408 e. The summed E-state index contributed by atoms with van der Waals surface area (Å²) >= 11 is 0. The van der Waals surface area contributed by atoms with Gasteiger partial charge in [-0.05, 0) is 67.4 Å². The van der Waals surface area contributed by atoms with Crippen molar-refractivity contribution in [1.82, 2.24) is 15.5 Å². The highest BCUT2D eigenvalue weighted by molar-refractivity contribution is 5.93. The number of carbonyl (C=O) groups excluding carboxylic acids is 3. The van der Waals surface area contributed by atoms with Gasteiger partial charge in [0, 0.05) is 17.1 Å². The van der Waals surface area contributed by atoms with Crippen molar-refractivity contribution >= 4 is 17.9 Å². The van der Waals surface area contributed by atoms with Crippen molar-refractivity contribution in [2.45, 2.75) is 98.0 Å². The summed E-state index contributed by atoms with van der Waals surface area (Å²) in [4.78, 5) is 41.0. The quantitative estimate of drug-likeness (QED) is 0.431. The summed E-state index contributed by atoms with van der Waals surface area (Å²) in [6.45, 7) is 15.1. The van der Waals surface area contributed by atoms with Gasteiger partial charge in [-0.25, -0.2) is 4.79 Å². The molecule has 1 aromatic carbocycles. The number of benzene rings is 1. The molecule has 0 aliphatic carbocycles. The van der Waals surface area contributed by atoms with Crippen molar-refractivity contribution in [3.63, 3.8) is 0 Å². The van der Waals surface area contributed by atoms with Crippen LogP contribution in [0.25, 0.3) is 0 Å². The van der Waals surface area contributed by atoms with Crippen LogP contribution in [0.1, 0.15) is 79.0 Å². The Hall–Kier alpha value is -2.81. The average Bonchev–Trinajstić information content (AvgIpc) is 2.70. The van der Waals surface area contributed by atoms with E-state index in [1.54, 1.807) is 73.6 Å². The zero-order valence-corrected chi connectivity index (χ0v) is 21.9. The molecule has 9 heteroatoms. The maximum atomic E-state index is 13.8. The zero-order valence-electron chi connectivity index (χ0n) is 21.9. The number of aryl methyl sites for hydroxylation is 1. The van der Waals surface area contributed by atoms with Crippen LogP contribution in [0.4, 0.5) is 4.79 Å². The van der Waals surface area contributed by atoms with Crippen molar-refractivity contribution < 1.29 is 29.3 Å². The number of nitrogens with zero attached hydrogens (tertiary/aromatic N) is 1. The van der Waals surface area contributed by atoms with Crippen LogP contribution in [0.3, 0.4) is 0 Å². The fraction of sp³-hybridized carbons (Fsp3) is 0.640.